The lowest BCUT2D eigenvalue weighted by Crippen LogP contribution is -2.50. The summed E-state index contributed by atoms with van der Waals surface area (Å²) in [6, 6.07) is 3.31. The van der Waals surface area contributed by atoms with Crippen LogP contribution < -0.4 is 5.56 Å². The summed E-state index contributed by atoms with van der Waals surface area (Å²) in [6.07, 6.45) is 4.55. The molecule has 1 aromatic heterocycles. The van der Waals surface area contributed by atoms with Crippen molar-refractivity contribution in [3.8, 4) is 0 Å². The number of carbonyl (C=O) groups is 1. The molecule has 2 heterocycles. The predicted molar refractivity (Wildman–Crippen MR) is 88.2 cm³/mol. The summed E-state index contributed by atoms with van der Waals surface area (Å²) in [5, 5.41) is 4.27. The van der Waals surface area contributed by atoms with Gasteiger partial charge in [0, 0.05) is 44.7 Å². The summed E-state index contributed by atoms with van der Waals surface area (Å²) < 4.78 is 1.53. The summed E-state index contributed by atoms with van der Waals surface area (Å²) in [4.78, 5) is 28.5. The lowest BCUT2D eigenvalue weighted by molar-refractivity contribution is -0.137. The van der Waals surface area contributed by atoms with Crippen molar-refractivity contribution in [1.82, 2.24) is 19.6 Å². The van der Waals surface area contributed by atoms with Gasteiger partial charge in [-0.3, -0.25) is 14.5 Å². The highest BCUT2D eigenvalue weighted by molar-refractivity contribution is 5.79. The number of piperazine rings is 1. The number of aromatic nitrogens is 2. The Morgan fingerprint density at radius 3 is 2.52 bits per heavy atom. The zero-order valence-corrected chi connectivity index (χ0v) is 13.9. The monoisotopic (exact) mass is 318 g/mol. The fourth-order valence-corrected chi connectivity index (χ4v) is 3.57. The molecular formula is C17H26N4O2. The van der Waals surface area contributed by atoms with E-state index < -0.39 is 0 Å². The normalized spacial score (nSPS) is 20.1. The van der Waals surface area contributed by atoms with Crippen molar-refractivity contribution in [2.24, 2.45) is 5.92 Å². The first kappa shape index (κ1) is 16.2. The Labute approximate surface area is 137 Å². The fraction of sp³-hybridized carbons (Fsp3) is 0.706. The van der Waals surface area contributed by atoms with Gasteiger partial charge in [-0.25, -0.2) is 4.68 Å². The molecule has 0 bridgehead atoms. The molecule has 23 heavy (non-hydrogen) atoms. The van der Waals surface area contributed by atoms with Crippen LogP contribution in [0.2, 0.25) is 0 Å². The molecule has 1 amide bonds. The molecular weight excluding hydrogens is 292 g/mol. The van der Waals surface area contributed by atoms with Crippen LogP contribution in [0.3, 0.4) is 0 Å². The molecule has 0 unspecified atom stereocenters. The second-order valence-corrected chi connectivity index (χ2v) is 6.68. The van der Waals surface area contributed by atoms with E-state index in [1.807, 2.05) is 11.8 Å². The minimum absolute atomic E-state index is 0.0503. The van der Waals surface area contributed by atoms with Gasteiger partial charge in [0.25, 0.3) is 5.56 Å². The van der Waals surface area contributed by atoms with E-state index >= 15 is 0 Å². The van der Waals surface area contributed by atoms with Gasteiger partial charge in [0.1, 0.15) is 0 Å². The molecule has 1 saturated heterocycles. The van der Waals surface area contributed by atoms with Crippen LogP contribution in [0.25, 0.3) is 0 Å². The number of carbonyl (C=O) groups excluding carboxylic acids is 1. The summed E-state index contributed by atoms with van der Waals surface area (Å²) >= 11 is 0. The first-order valence-electron chi connectivity index (χ1n) is 8.69. The van der Waals surface area contributed by atoms with Gasteiger partial charge in [0.05, 0.1) is 12.2 Å². The molecule has 0 atom stereocenters. The molecule has 2 aliphatic rings. The van der Waals surface area contributed by atoms with Crippen molar-refractivity contribution >= 4 is 5.91 Å². The van der Waals surface area contributed by atoms with Crippen LogP contribution in [0.5, 0.6) is 0 Å². The zero-order chi connectivity index (χ0) is 16.2. The van der Waals surface area contributed by atoms with Crippen LogP contribution in [0.1, 0.15) is 31.4 Å². The van der Waals surface area contributed by atoms with E-state index in [9.17, 15) is 9.59 Å². The second-order valence-electron chi connectivity index (χ2n) is 6.68. The molecule has 6 heteroatoms. The van der Waals surface area contributed by atoms with E-state index in [4.69, 9.17) is 0 Å². The van der Waals surface area contributed by atoms with Gasteiger partial charge < -0.3 is 4.90 Å². The van der Waals surface area contributed by atoms with Gasteiger partial charge in [-0.2, -0.15) is 5.10 Å². The van der Waals surface area contributed by atoms with Crippen LogP contribution in [0.15, 0.2) is 16.9 Å². The topological polar surface area (TPSA) is 58.4 Å². The lowest BCUT2D eigenvalue weighted by atomic mass is 10.1. The van der Waals surface area contributed by atoms with Gasteiger partial charge in [0.15, 0.2) is 0 Å². The first-order valence-corrected chi connectivity index (χ1v) is 8.69. The van der Waals surface area contributed by atoms with Crippen LogP contribution in [0, 0.1) is 12.8 Å². The van der Waals surface area contributed by atoms with Gasteiger partial charge >= 0.3 is 0 Å². The molecule has 3 rings (SSSR count). The Kier molecular flexibility index (Phi) is 5.10. The molecule has 2 fully saturated rings. The molecule has 1 saturated carbocycles. The minimum Gasteiger partial charge on any atom is -0.340 e. The first-order chi connectivity index (χ1) is 11.1. The van der Waals surface area contributed by atoms with E-state index in [1.165, 1.54) is 17.5 Å². The molecule has 1 aromatic rings. The van der Waals surface area contributed by atoms with Gasteiger partial charge in [-0.05, 0) is 25.8 Å². The van der Waals surface area contributed by atoms with Crippen molar-refractivity contribution in [3.63, 3.8) is 0 Å². The van der Waals surface area contributed by atoms with Crippen molar-refractivity contribution in [2.75, 3.05) is 32.7 Å². The maximum atomic E-state index is 12.4. The average Bonchev–Trinajstić information content (AvgIpc) is 3.10. The van der Waals surface area contributed by atoms with Crippen molar-refractivity contribution in [3.05, 3.63) is 28.2 Å². The predicted octanol–water partition coefficient (Wildman–Crippen LogP) is 0.886. The number of hydrogen-bond donors (Lipinski definition) is 0. The van der Waals surface area contributed by atoms with Crippen LogP contribution in [-0.2, 0) is 11.3 Å². The van der Waals surface area contributed by atoms with Crippen LogP contribution in [0.4, 0.5) is 0 Å². The van der Waals surface area contributed by atoms with Crippen molar-refractivity contribution in [1.29, 1.82) is 0 Å². The van der Waals surface area contributed by atoms with Gasteiger partial charge in [0.2, 0.25) is 5.91 Å². The smallest absolute Gasteiger partial charge is 0.266 e. The Morgan fingerprint density at radius 2 is 1.83 bits per heavy atom. The standard InChI is InChI=1S/C17H26N4O2/c1-14-6-7-16(22)21(18-14)13-10-19-8-11-20(12-9-19)17(23)15-4-2-3-5-15/h6-7,15H,2-5,8-13H2,1H3. The SMILES string of the molecule is Cc1ccc(=O)n(CCN2CCN(C(=O)C3CCCC3)CC2)n1. The largest absolute Gasteiger partial charge is 0.340 e. The summed E-state index contributed by atoms with van der Waals surface area (Å²) in [5.74, 6) is 0.635. The molecule has 1 aliphatic heterocycles. The Balaban J connectivity index is 1.46. The maximum absolute atomic E-state index is 12.4. The molecule has 0 radical (unpaired) electrons. The number of nitrogens with zero attached hydrogens (tertiary/aromatic N) is 4. The van der Waals surface area contributed by atoms with Crippen molar-refractivity contribution in [2.45, 2.75) is 39.2 Å². The van der Waals surface area contributed by atoms with Gasteiger partial charge in [-0.1, -0.05) is 12.8 Å². The Bertz CT molecular complexity index is 599. The molecule has 0 N–H and O–H groups in total. The van der Waals surface area contributed by atoms with E-state index in [1.54, 1.807) is 12.1 Å². The number of rotatable bonds is 4. The van der Waals surface area contributed by atoms with E-state index in [-0.39, 0.29) is 11.5 Å². The summed E-state index contributed by atoms with van der Waals surface area (Å²) in [5.41, 5.74) is 0.808. The molecule has 126 valence electrons. The number of aryl methyl sites for hydroxylation is 1. The number of hydrogen-bond acceptors (Lipinski definition) is 4. The third kappa shape index (κ3) is 3.99. The Morgan fingerprint density at radius 1 is 1.13 bits per heavy atom. The molecule has 6 nitrogen and oxygen atoms in total. The number of amides is 1. The zero-order valence-electron chi connectivity index (χ0n) is 13.9. The van der Waals surface area contributed by atoms with E-state index in [0.717, 1.165) is 51.3 Å². The quantitative estimate of drug-likeness (QED) is 0.827. The Hall–Kier alpha value is -1.69. The maximum Gasteiger partial charge on any atom is 0.266 e. The second kappa shape index (κ2) is 7.25. The highest BCUT2D eigenvalue weighted by Gasteiger charge is 2.29. The lowest BCUT2D eigenvalue weighted by Gasteiger charge is -2.36. The molecule has 0 spiro atoms. The van der Waals surface area contributed by atoms with Gasteiger partial charge in [-0.15, -0.1) is 0 Å². The summed E-state index contributed by atoms with van der Waals surface area (Å²) in [6.45, 7) is 6.71. The van der Waals surface area contributed by atoms with Crippen LogP contribution in [-0.4, -0.2) is 58.2 Å². The average molecular weight is 318 g/mol. The molecule has 0 aromatic carbocycles. The third-order valence-electron chi connectivity index (χ3n) is 5.02. The highest BCUT2D eigenvalue weighted by atomic mass is 16.2. The van der Waals surface area contributed by atoms with E-state index in [2.05, 4.69) is 10.00 Å². The minimum atomic E-state index is -0.0503. The fourth-order valence-electron chi connectivity index (χ4n) is 3.57. The molecule has 1 aliphatic carbocycles. The highest BCUT2D eigenvalue weighted by Crippen LogP contribution is 2.26. The summed E-state index contributed by atoms with van der Waals surface area (Å²) in [7, 11) is 0. The van der Waals surface area contributed by atoms with E-state index in [0.29, 0.717) is 12.5 Å². The third-order valence-corrected chi connectivity index (χ3v) is 5.02. The van der Waals surface area contributed by atoms with Crippen molar-refractivity contribution < 1.29 is 4.79 Å². The van der Waals surface area contributed by atoms with Crippen LogP contribution >= 0.6 is 0 Å².